The van der Waals surface area contributed by atoms with E-state index in [1.165, 1.54) is 11.3 Å². The predicted octanol–water partition coefficient (Wildman–Crippen LogP) is 4.26. The number of nitrogens with one attached hydrogen (secondary N) is 2. The van der Waals surface area contributed by atoms with Crippen LogP contribution in [-0.2, 0) is 10.2 Å². The van der Waals surface area contributed by atoms with Crippen molar-refractivity contribution in [3.63, 3.8) is 0 Å². The molecule has 0 unspecified atom stereocenters. The number of hydrogen-bond acceptors (Lipinski definition) is 5. The Morgan fingerprint density at radius 2 is 2.00 bits per heavy atom. The molecule has 0 bridgehead atoms. The number of anilines is 2. The van der Waals surface area contributed by atoms with Crippen molar-refractivity contribution in [3.05, 3.63) is 40.9 Å². The van der Waals surface area contributed by atoms with E-state index in [2.05, 4.69) is 36.4 Å². The SMILES string of the molecule is CCOC(=O)Nc1cccc(C(=O)Nc2nc(C(C)(C)C)cs2)c1. The van der Waals surface area contributed by atoms with Crippen LogP contribution < -0.4 is 10.6 Å². The normalized spacial score (nSPS) is 11.0. The summed E-state index contributed by atoms with van der Waals surface area (Å²) in [4.78, 5) is 28.2. The molecule has 0 aliphatic rings. The van der Waals surface area contributed by atoms with E-state index in [1.54, 1.807) is 31.2 Å². The summed E-state index contributed by atoms with van der Waals surface area (Å²) in [6.07, 6.45) is -0.551. The van der Waals surface area contributed by atoms with Gasteiger partial charge in [-0.15, -0.1) is 11.3 Å². The van der Waals surface area contributed by atoms with Gasteiger partial charge in [-0.2, -0.15) is 0 Å². The number of carbonyl (C=O) groups excluding carboxylic acids is 2. The molecule has 0 atom stereocenters. The van der Waals surface area contributed by atoms with Crippen LogP contribution in [0.15, 0.2) is 29.6 Å². The number of rotatable bonds is 4. The molecule has 7 heteroatoms. The van der Waals surface area contributed by atoms with Crippen molar-refractivity contribution in [2.75, 3.05) is 17.2 Å². The molecule has 2 N–H and O–H groups in total. The van der Waals surface area contributed by atoms with E-state index < -0.39 is 6.09 Å². The Kier molecular flexibility index (Phi) is 5.56. The molecule has 1 aromatic carbocycles. The van der Waals surface area contributed by atoms with Gasteiger partial charge in [0.05, 0.1) is 12.3 Å². The molecular formula is C17H21N3O3S. The van der Waals surface area contributed by atoms with Gasteiger partial charge in [-0.05, 0) is 25.1 Å². The molecule has 0 radical (unpaired) electrons. The molecule has 0 saturated carbocycles. The van der Waals surface area contributed by atoms with Gasteiger partial charge in [-0.1, -0.05) is 26.8 Å². The van der Waals surface area contributed by atoms with Gasteiger partial charge < -0.3 is 4.74 Å². The lowest BCUT2D eigenvalue weighted by molar-refractivity contribution is 0.102. The Balaban J connectivity index is 2.07. The van der Waals surface area contributed by atoms with Crippen molar-refractivity contribution in [1.29, 1.82) is 0 Å². The lowest BCUT2D eigenvalue weighted by atomic mass is 9.93. The van der Waals surface area contributed by atoms with Gasteiger partial charge >= 0.3 is 6.09 Å². The minimum atomic E-state index is -0.551. The van der Waals surface area contributed by atoms with Crippen LogP contribution in [0, 0.1) is 0 Å². The summed E-state index contributed by atoms with van der Waals surface area (Å²) >= 11 is 1.39. The van der Waals surface area contributed by atoms with Gasteiger partial charge in [-0.25, -0.2) is 9.78 Å². The minimum Gasteiger partial charge on any atom is -0.450 e. The summed E-state index contributed by atoms with van der Waals surface area (Å²) in [5, 5.41) is 7.84. The Morgan fingerprint density at radius 3 is 2.62 bits per heavy atom. The zero-order chi connectivity index (χ0) is 17.7. The summed E-state index contributed by atoms with van der Waals surface area (Å²) in [7, 11) is 0. The van der Waals surface area contributed by atoms with Crippen LogP contribution in [0.25, 0.3) is 0 Å². The van der Waals surface area contributed by atoms with Gasteiger partial charge in [0.2, 0.25) is 0 Å². The second-order valence-electron chi connectivity index (χ2n) is 6.17. The molecule has 0 aliphatic carbocycles. The second kappa shape index (κ2) is 7.44. The fourth-order valence-corrected chi connectivity index (χ4v) is 2.80. The van der Waals surface area contributed by atoms with E-state index in [0.29, 0.717) is 16.4 Å². The first-order chi connectivity index (χ1) is 11.3. The maximum absolute atomic E-state index is 12.3. The Morgan fingerprint density at radius 1 is 1.25 bits per heavy atom. The number of ether oxygens (including phenoxy) is 1. The van der Waals surface area contributed by atoms with Crippen LogP contribution in [0.4, 0.5) is 15.6 Å². The van der Waals surface area contributed by atoms with Crippen molar-refractivity contribution >= 4 is 34.2 Å². The molecule has 2 aromatic rings. The highest BCUT2D eigenvalue weighted by atomic mass is 32.1. The quantitative estimate of drug-likeness (QED) is 0.866. The number of carbonyl (C=O) groups is 2. The van der Waals surface area contributed by atoms with Gasteiger partial charge in [0.25, 0.3) is 5.91 Å². The molecule has 0 spiro atoms. The molecule has 0 aliphatic heterocycles. The van der Waals surface area contributed by atoms with Crippen LogP contribution in [0.5, 0.6) is 0 Å². The van der Waals surface area contributed by atoms with E-state index in [9.17, 15) is 9.59 Å². The average Bonchev–Trinajstić information content (AvgIpc) is 2.96. The molecule has 1 heterocycles. The van der Waals surface area contributed by atoms with Crippen molar-refractivity contribution in [2.24, 2.45) is 0 Å². The molecule has 0 saturated heterocycles. The van der Waals surface area contributed by atoms with Crippen LogP contribution >= 0.6 is 11.3 Å². The van der Waals surface area contributed by atoms with Gasteiger partial charge in [0.15, 0.2) is 5.13 Å². The molecule has 6 nitrogen and oxygen atoms in total. The van der Waals surface area contributed by atoms with Crippen molar-refractivity contribution in [1.82, 2.24) is 4.98 Å². The summed E-state index contributed by atoms with van der Waals surface area (Å²) < 4.78 is 4.82. The maximum Gasteiger partial charge on any atom is 0.411 e. The zero-order valence-electron chi connectivity index (χ0n) is 14.2. The number of amides is 2. The van der Waals surface area contributed by atoms with Crippen LogP contribution in [0.2, 0.25) is 0 Å². The molecule has 1 aromatic heterocycles. The monoisotopic (exact) mass is 347 g/mol. The Hall–Kier alpha value is -2.41. The molecule has 2 rings (SSSR count). The van der Waals surface area contributed by atoms with Crippen LogP contribution in [0.1, 0.15) is 43.7 Å². The first-order valence-electron chi connectivity index (χ1n) is 7.61. The lowest BCUT2D eigenvalue weighted by Gasteiger charge is -2.14. The summed E-state index contributed by atoms with van der Waals surface area (Å²) in [5.41, 5.74) is 1.79. The summed E-state index contributed by atoms with van der Waals surface area (Å²) in [6, 6.07) is 6.64. The fraction of sp³-hybridized carbons (Fsp3) is 0.353. The first-order valence-corrected chi connectivity index (χ1v) is 8.48. The average molecular weight is 347 g/mol. The standard InChI is InChI=1S/C17H21N3O3S/c1-5-23-16(22)18-12-8-6-7-11(9-12)14(21)20-15-19-13(10-24-15)17(2,3)4/h6-10H,5H2,1-4H3,(H,18,22)(H,19,20,21). The molecule has 2 amide bonds. The van der Waals surface area contributed by atoms with Crippen molar-refractivity contribution in [3.8, 4) is 0 Å². The lowest BCUT2D eigenvalue weighted by Crippen LogP contribution is -2.16. The van der Waals surface area contributed by atoms with Crippen LogP contribution in [-0.4, -0.2) is 23.6 Å². The number of hydrogen-bond donors (Lipinski definition) is 2. The first kappa shape index (κ1) is 17.9. The highest BCUT2D eigenvalue weighted by Crippen LogP contribution is 2.26. The molecular weight excluding hydrogens is 326 g/mol. The minimum absolute atomic E-state index is 0.0665. The number of nitrogens with zero attached hydrogens (tertiary/aromatic N) is 1. The Bertz CT molecular complexity index is 735. The third kappa shape index (κ3) is 4.79. The van der Waals surface area contributed by atoms with Crippen molar-refractivity contribution in [2.45, 2.75) is 33.1 Å². The Labute approximate surface area is 145 Å². The molecule has 24 heavy (non-hydrogen) atoms. The van der Waals surface area contributed by atoms with Gasteiger partial charge in [0, 0.05) is 22.0 Å². The highest BCUT2D eigenvalue weighted by molar-refractivity contribution is 7.14. The number of thiazole rings is 1. The number of benzene rings is 1. The summed E-state index contributed by atoms with van der Waals surface area (Å²) in [5.74, 6) is -0.280. The number of aromatic nitrogens is 1. The highest BCUT2D eigenvalue weighted by Gasteiger charge is 2.18. The van der Waals surface area contributed by atoms with Crippen molar-refractivity contribution < 1.29 is 14.3 Å². The van der Waals surface area contributed by atoms with Gasteiger partial charge in [-0.3, -0.25) is 15.4 Å². The largest absolute Gasteiger partial charge is 0.450 e. The van der Waals surface area contributed by atoms with Gasteiger partial charge in [0.1, 0.15) is 0 Å². The van der Waals surface area contributed by atoms with E-state index in [4.69, 9.17) is 4.74 Å². The van der Waals surface area contributed by atoms with E-state index in [0.717, 1.165) is 5.69 Å². The maximum atomic E-state index is 12.3. The molecule has 128 valence electrons. The second-order valence-corrected chi connectivity index (χ2v) is 7.03. The fourth-order valence-electron chi connectivity index (χ4n) is 1.87. The van der Waals surface area contributed by atoms with E-state index >= 15 is 0 Å². The third-order valence-electron chi connectivity index (χ3n) is 3.14. The third-order valence-corrected chi connectivity index (χ3v) is 3.90. The predicted molar refractivity (Wildman–Crippen MR) is 95.9 cm³/mol. The summed E-state index contributed by atoms with van der Waals surface area (Å²) in [6.45, 7) is 8.21. The van der Waals surface area contributed by atoms with Crippen LogP contribution in [0.3, 0.4) is 0 Å². The molecule has 0 fully saturated rings. The topological polar surface area (TPSA) is 80.3 Å². The van der Waals surface area contributed by atoms with E-state index in [1.807, 2.05) is 5.38 Å². The zero-order valence-corrected chi connectivity index (χ0v) is 15.0. The smallest absolute Gasteiger partial charge is 0.411 e. The van der Waals surface area contributed by atoms with E-state index in [-0.39, 0.29) is 17.9 Å².